The lowest BCUT2D eigenvalue weighted by Crippen LogP contribution is -2.49. The number of amides is 2. The first kappa shape index (κ1) is 24.0. The van der Waals surface area contributed by atoms with Gasteiger partial charge in [0.1, 0.15) is 29.2 Å². The number of carbonyl (C=O) groups excluding carboxylic acids is 1. The highest BCUT2D eigenvalue weighted by molar-refractivity contribution is 5.91. The summed E-state index contributed by atoms with van der Waals surface area (Å²) in [4.78, 5) is 30.7. The number of carbonyl (C=O) groups is 1. The highest BCUT2D eigenvalue weighted by Gasteiger charge is 2.30. The molecule has 0 atom stereocenters. The summed E-state index contributed by atoms with van der Waals surface area (Å²) in [6.07, 6.45) is 4.14. The molecule has 6 rings (SSSR count). The van der Waals surface area contributed by atoms with Crippen LogP contribution < -0.4 is 20.3 Å². The molecular weight excluding hydrogens is 482 g/mol. The van der Waals surface area contributed by atoms with Crippen LogP contribution in [0.1, 0.15) is 29.9 Å². The van der Waals surface area contributed by atoms with E-state index in [1.165, 1.54) is 0 Å². The fourth-order valence-corrected chi connectivity index (χ4v) is 5.43. The monoisotopic (exact) mass is 513 g/mol. The lowest BCUT2D eigenvalue weighted by atomic mass is 10.0. The van der Waals surface area contributed by atoms with Crippen LogP contribution in [0.25, 0.3) is 11.1 Å². The fourth-order valence-electron chi connectivity index (χ4n) is 5.43. The number of urea groups is 1. The molecule has 0 bridgehead atoms. The van der Waals surface area contributed by atoms with Crippen LogP contribution >= 0.6 is 0 Å². The number of anilines is 4. The number of benzene rings is 2. The number of aryl methyl sites for hydroxylation is 2. The Kier molecular flexibility index (Phi) is 6.22. The van der Waals surface area contributed by atoms with E-state index in [0.717, 1.165) is 83.3 Å². The minimum Gasteiger partial charge on any atom is -0.497 e. The molecule has 0 saturated carbocycles. The van der Waals surface area contributed by atoms with Gasteiger partial charge in [-0.15, -0.1) is 0 Å². The van der Waals surface area contributed by atoms with Crippen LogP contribution in [0.2, 0.25) is 0 Å². The van der Waals surface area contributed by atoms with Gasteiger partial charge in [0.25, 0.3) is 0 Å². The molecule has 4 aromatic rings. The molecule has 4 heterocycles. The molecule has 2 aliphatic rings. The molecule has 38 heavy (non-hydrogen) atoms. The third-order valence-electron chi connectivity index (χ3n) is 7.37. The van der Waals surface area contributed by atoms with Crippen molar-refractivity contribution in [3.63, 3.8) is 0 Å². The van der Waals surface area contributed by atoms with Gasteiger partial charge in [-0.1, -0.05) is 0 Å². The summed E-state index contributed by atoms with van der Waals surface area (Å²) in [5.74, 6) is 3.05. The van der Waals surface area contributed by atoms with Gasteiger partial charge < -0.3 is 29.6 Å². The molecule has 0 aliphatic carbocycles. The first-order valence-electron chi connectivity index (χ1n) is 12.9. The maximum absolute atomic E-state index is 13.0. The summed E-state index contributed by atoms with van der Waals surface area (Å²) in [5.41, 5.74) is 5.51. The predicted molar refractivity (Wildman–Crippen MR) is 146 cm³/mol. The van der Waals surface area contributed by atoms with E-state index in [-0.39, 0.29) is 12.1 Å². The number of nitrogens with one attached hydrogen (secondary N) is 2. The zero-order chi connectivity index (χ0) is 26.2. The van der Waals surface area contributed by atoms with Crippen LogP contribution in [-0.2, 0) is 6.42 Å². The number of rotatable bonds is 5. The molecule has 2 aliphatic heterocycles. The highest BCUT2D eigenvalue weighted by Crippen LogP contribution is 2.30. The summed E-state index contributed by atoms with van der Waals surface area (Å²) in [5, 5.41) is 6.48. The van der Waals surface area contributed by atoms with Gasteiger partial charge >= 0.3 is 6.03 Å². The zero-order valence-corrected chi connectivity index (χ0v) is 21.8. The van der Waals surface area contributed by atoms with E-state index in [4.69, 9.17) is 9.15 Å². The molecule has 0 radical (unpaired) electrons. The van der Waals surface area contributed by atoms with E-state index in [0.29, 0.717) is 12.4 Å². The Morgan fingerprint density at radius 2 is 1.92 bits per heavy atom. The van der Waals surface area contributed by atoms with E-state index < -0.39 is 0 Å². The lowest BCUT2D eigenvalue weighted by Gasteiger charge is -2.38. The van der Waals surface area contributed by atoms with Crippen molar-refractivity contribution in [2.24, 2.45) is 0 Å². The Labute approximate surface area is 221 Å². The van der Waals surface area contributed by atoms with E-state index >= 15 is 0 Å². The van der Waals surface area contributed by atoms with Crippen molar-refractivity contribution in [2.75, 3.05) is 42.3 Å². The van der Waals surface area contributed by atoms with Crippen LogP contribution in [0.4, 0.5) is 27.8 Å². The van der Waals surface area contributed by atoms with Crippen LogP contribution in [-0.4, -0.2) is 58.7 Å². The van der Waals surface area contributed by atoms with Crippen molar-refractivity contribution in [3.8, 4) is 5.75 Å². The molecule has 0 unspecified atom stereocenters. The van der Waals surface area contributed by atoms with Crippen molar-refractivity contribution in [1.82, 2.24) is 19.9 Å². The van der Waals surface area contributed by atoms with E-state index in [9.17, 15) is 4.79 Å². The van der Waals surface area contributed by atoms with Crippen molar-refractivity contribution in [3.05, 3.63) is 59.7 Å². The molecule has 2 aromatic carbocycles. The number of fused-ring (bicyclic) bond motifs is 2. The van der Waals surface area contributed by atoms with Gasteiger partial charge in [-0.3, -0.25) is 0 Å². The second-order valence-electron chi connectivity index (χ2n) is 9.88. The van der Waals surface area contributed by atoms with Crippen LogP contribution in [0.5, 0.6) is 5.75 Å². The normalized spacial score (nSPS) is 16.2. The third-order valence-corrected chi connectivity index (χ3v) is 7.37. The smallest absolute Gasteiger partial charge is 0.322 e. The Morgan fingerprint density at radius 3 is 2.74 bits per heavy atom. The molecule has 10 nitrogen and oxygen atoms in total. The molecule has 196 valence electrons. The number of aromatic nitrogens is 3. The summed E-state index contributed by atoms with van der Waals surface area (Å²) >= 11 is 0. The quantitative estimate of drug-likeness (QED) is 0.382. The second kappa shape index (κ2) is 9.85. The van der Waals surface area contributed by atoms with Gasteiger partial charge in [0.15, 0.2) is 11.5 Å². The minimum atomic E-state index is -0.0320. The van der Waals surface area contributed by atoms with Crippen LogP contribution in [0.3, 0.4) is 0 Å². The summed E-state index contributed by atoms with van der Waals surface area (Å²) in [7, 11) is 1.66. The number of nitrogens with zero attached hydrogens (tertiary/aromatic N) is 5. The van der Waals surface area contributed by atoms with E-state index in [1.54, 1.807) is 13.4 Å². The predicted octanol–water partition coefficient (Wildman–Crippen LogP) is 5.05. The number of hydrogen-bond acceptors (Lipinski definition) is 8. The average molecular weight is 514 g/mol. The molecule has 2 amide bonds. The van der Waals surface area contributed by atoms with Gasteiger partial charge in [-0.25, -0.2) is 19.7 Å². The van der Waals surface area contributed by atoms with Gasteiger partial charge in [0, 0.05) is 50.0 Å². The Morgan fingerprint density at radius 1 is 1.08 bits per heavy atom. The first-order chi connectivity index (χ1) is 18.5. The summed E-state index contributed by atoms with van der Waals surface area (Å²) in [6, 6.07) is 11.9. The maximum atomic E-state index is 13.0. The average Bonchev–Trinajstić information content (AvgIpc) is 3.22. The van der Waals surface area contributed by atoms with E-state index in [2.05, 4.69) is 30.5 Å². The largest absolute Gasteiger partial charge is 0.497 e. The van der Waals surface area contributed by atoms with E-state index in [1.807, 2.05) is 55.1 Å². The number of methoxy groups -OCH3 is 1. The first-order valence-corrected chi connectivity index (χ1v) is 12.9. The number of oxazole rings is 1. The minimum absolute atomic E-state index is 0.0320. The Bertz CT molecular complexity index is 1490. The Balaban J connectivity index is 1.11. The highest BCUT2D eigenvalue weighted by atomic mass is 16.5. The number of piperidine rings is 1. The standard InChI is InChI=1S/C28H31N7O3/c1-17-12-20(14-24-27(17)38-18(2)31-24)32-25-15-26(30-16-29-25)34-9-7-21(8-10-34)35-11-6-19-13-22(37-3)4-5-23(19)33-28(35)36/h4-5,12-16,21H,6-11H2,1-3H3,(H,33,36)(H,29,30,32). The second-order valence-corrected chi connectivity index (χ2v) is 9.88. The summed E-state index contributed by atoms with van der Waals surface area (Å²) in [6.45, 7) is 6.17. The number of hydrogen-bond donors (Lipinski definition) is 2. The maximum Gasteiger partial charge on any atom is 0.322 e. The molecule has 10 heteroatoms. The van der Waals surface area contributed by atoms with Crippen molar-refractivity contribution in [1.29, 1.82) is 0 Å². The molecular formula is C28H31N7O3. The molecule has 1 saturated heterocycles. The topological polar surface area (TPSA) is 109 Å². The SMILES string of the molecule is COc1ccc2c(c1)CCN(C1CCN(c3cc(Nc4cc(C)c5oc(C)nc5c4)ncn3)CC1)C(=O)N2. The fraction of sp³-hybridized carbons (Fsp3) is 0.357. The lowest BCUT2D eigenvalue weighted by molar-refractivity contribution is 0.177. The van der Waals surface area contributed by atoms with Crippen molar-refractivity contribution in [2.45, 2.75) is 39.2 Å². The van der Waals surface area contributed by atoms with Crippen molar-refractivity contribution < 1.29 is 13.9 Å². The zero-order valence-electron chi connectivity index (χ0n) is 21.8. The van der Waals surface area contributed by atoms with Gasteiger partial charge in [0.05, 0.1) is 7.11 Å². The molecule has 1 fully saturated rings. The van der Waals surface area contributed by atoms with Crippen molar-refractivity contribution >= 4 is 40.1 Å². The number of ether oxygens (including phenoxy) is 1. The molecule has 0 spiro atoms. The Hall–Kier alpha value is -4.34. The van der Waals surface area contributed by atoms with Gasteiger partial charge in [0.2, 0.25) is 0 Å². The van der Waals surface area contributed by atoms with Gasteiger partial charge in [-0.05, 0) is 67.6 Å². The van der Waals surface area contributed by atoms with Crippen LogP contribution in [0, 0.1) is 13.8 Å². The third kappa shape index (κ3) is 4.69. The summed E-state index contributed by atoms with van der Waals surface area (Å²) < 4.78 is 11.0. The van der Waals surface area contributed by atoms with Gasteiger partial charge in [-0.2, -0.15) is 0 Å². The molecule has 2 N–H and O–H groups in total. The molecule has 2 aromatic heterocycles. The van der Waals surface area contributed by atoms with Crippen LogP contribution in [0.15, 0.2) is 47.1 Å².